The highest BCUT2D eigenvalue weighted by atomic mass is 79.9. The first kappa shape index (κ1) is 14.3. The number of esters is 1. The molecule has 17 heavy (non-hydrogen) atoms. The van der Waals surface area contributed by atoms with Gasteiger partial charge >= 0.3 is 5.97 Å². The Hall–Kier alpha value is -0.740. The molecule has 1 aromatic rings. The van der Waals surface area contributed by atoms with Crippen LogP contribution in [-0.2, 0) is 14.9 Å². The van der Waals surface area contributed by atoms with Gasteiger partial charge in [-0.15, -0.1) is 0 Å². The maximum absolute atomic E-state index is 11.2. The lowest BCUT2D eigenvalue weighted by molar-refractivity contribution is -0.145. The molecule has 3 nitrogen and oxygen atoms in total. The second kappa shape index (κ2) is 6.87. The number of hydrogen-bond donors (Lipinski definition) is 0. The van der Waals surface area contributed by atoms with Gasteiger partial charge in [-0.05, 0) is 31.5 Å². The van der Waals surface area contributed by atoms with Gasteiger partial charge < -0.3 is 9.47 Å². The van der Waals surface area contributed by atoms with Crippen LogP contribution < -0.4 is 4.74 Å². The van der Waals surface area contributed by atoms with Crippen molar-refractivity contribution in [2.45, 2.75) is 19.2 Å². The van der Waals surface area contributed by atoms with Gasteiger partial charge in [-0.1, -0.05) is 27.5 Å². The molecule has 0 amide bonds. The highest BCUT2D eigenvalue weighted by molar-refractivity contribution is 9.08. The Labute approximate surface area is 114 Å². The van der Waals surface area contributed by atoms with Crippen LogP contribution in [0.5, 0.6) is 5.75 Å². The molecule has 0 unspecified atom stereocenters. The summed E-state index contributed by atoms with van der Waals surface area (Å²) in [7, 11) is 0. The van der Waals surface area contributed by atoms with Crippen LogP contribution in [0.2, 0.25) is 5.02 Å². The Morgan fingerprint density at radius 2 is 2.18 bits per heavy atom. The standard InChI is InChI=1S/C12H14BrClO3/c1-3-16-11(15)7-17-12-8(2)4-10(14)5-9(12)6-13/h4-5H,3,6-7H2,1-2H3. The molecular weight excluding hydrogens is 307 g/mol. The zero-order chi connectivity index (χ0) is 12.8. The smallest absolute Gasteiger partial charge is 0.344 e. The quantitative estimate of drug-likeness (QED) is 0.615. The molecule has 0 spiro atoms. The maximum atomic E-state index is 11.2. The third-order valence-electron chi connectivity index (χ3n) is 2.10. The zero-order valence-electron chi connectivity index (χ0n) is 9.76. The van der Waals surface area contributed by atoms with Crippen molar-refractivity contribution in [2.75, 3.05) is 13.2 Å². The number of ether oxygens (including phenoxy) is 2. The van der Waals surface area contributed by atoms with Crippen molar-refractivity contribution in [3.05, 3.63) is 28.3 Å². The number of carbonyl (C=O) groups excluding carboxylic acids is 1. The van der Waals surface area contributed by atoms with Gasteiger partial charge in [0.1, 0.15) is 5.75 Å². The van der Waals surface area contributed by atoms with E-state index >= 15 is 0 Å². The van der Waals surface area contributed by atoms with E-state index in [9.17, 15) is 4.79 Å². The first-order valence-electron chi connectivity index (χ1n) is 5.21. The largest absolute Gasteiger partial charge is 0.481 e. The number of alkyl halides is 1. The molecule has 0 radical (unpaired) electrons. The second-order valence-electron chi connectivity index (χ2n) is 3.44. The Bertz CT molecular complexity index is 407. The molecule has 0 saturated heterocycles. The van der Waals surface area contributed by atoms with Crippen LogP contribution in [0.1, 0.15) is 18.1 Å². The summed E-state index contributed by atoms with van der Waals surface area (Å²) in [4.78, 5) is 11.2. The van der Waals surface area contributed by atoms with E-state index in [0.717, 1.165) is 11.1 Å². The number of aryl methyl sites for hydroxylation is 1. The van der Waals surface area contributed by atoms with Gasteiger partial charge in [0.2, 0.25) is 0 Å². The minimum absolute atomic E-state index is 0.0870. The van der Waals surface area contributed by atoms with Crippen molar-refractivity contribution in [2.24, 2.45) is 0 Å². The molecule has 0 atom stereocenters. The van der Waals surface area contributed by atoms with E-state index in [4.69, 9.17) is 21.1 Å². The van der Waals surface area contributed by atoms with Gasteiger partial charge in [-0.2, -0.15) is 0 Å². The number of hydrogen-bond acceptors (Lipinski definition) is 3. The van der Waals surface area contributed by atoms with E-state index in [-0.39, 0.29) is 12.6 Å². The number of halogens is 2. The summed E-state index contributed by atoms with van der Waals surface area (Å²) in [6.45, 7) is 3.91. The minimum atomic E-state index is -0.373. The van der Waals surface area contributed by atoms with E-state index in [1.165, 1.54) is 0 Å². The van der Waals surface area contributed by atoms with E-state index in [1.54, 1.807) is 13.0 Å². The third kappa shape index (κ3) is 4.21. The van der Waals surface area contributed by atoms with Crippen LogP contribution in [0.3, 0.4) is 0 Å². The lowest BCUT2D eigenvalue weighted by Crippen LogP contribution is -2.15. The fourth-order valence-electron chi connectivity index (χ4n) is 1.44. The normalized spacial score (nSPS) is 10.1. The molecule has 0 heterocycles. The molecule has 5 heteroatoms. The molecule has 0 aliphatic rings. The second-order valence-corrected chi connectivity index (χ2v) is 4.44. The van der Waals surface area contributed by atoms with E-state index < -0.39 is 0 Å². The SMILES string of the molecule is CCOC(=O)COc1c(C)cc(Cl)cc1CBr. The molecule has 0 saturated carbocycles. The van der Waals surface area contributed by atoms with E-state index in [1.807, 2.05) is 13.0 Å². The van der Waals surface area contributed by atoms with Crippen molar-refractivity contribution in [3.63, 3.8) is 0 Å². The predicted octanol–water partition coefficient (Wildman–Crippen LogP) is 3.49. The fraction of sp³-hybridized carbons (Fsp3) is 0.417. The molecule has 0 fully saturated rings. The van der Waals surface area contributed by atoms with Gasteiger partial charge in [0.15, 0.2) is 6.61 Å². The van der Waals surface area contributed by atoms with Gasteiger partial charge in [-0.3, -0.25) is 0 Å². The molecule has 94 valence electrons. The first-order chi connectivity index (χ1) is 8.08. The number of benzene rings is 1. The Kier molecular flexibility index (Phi) is 5.78. The summed E-state index contributed by atoms with van der Waals surface area (Å²) in [6.07, 6.45) is 0. The van der Waals surface area contributed by atoms with Crippen molar-refractivity contribution in [3.8, 4) is 5.75 Å². The van der Waals surface area contributed by atoms with Crippen LogP contribution in [0, 0.1) is 6.92 Å². The summed E-state index contributed by atoms with van der Waals surface area (Å²) < 4.78 is 10.3. The highest BCUT2D eigenvalue weighted by Gasteiger charge is 2.10. The number of rotatable bonds is 5. The van der Waals surface area contributed by atoms with E-state index in [2.05, 4.69) is 15.9 Å². The summed E-state index contributed by atoms with van der Waals surface area (Å²) in [5.41, 5.74) is 1.82. The van der Waals surface area contributed by atoms with Crippen molar-refractivity contribution < 1.29 is 14.3 Å². The number of carbonyl (C=O) groups is 1. The molecule has 0 aromatic heterocycles. The topological polar surface area (TPSA) is 35.5 Å². The maximum Gasteiger partial charge on any atom is 0.344 e. The summed E-state index contributed by atoms with van der Waals surface area (Å²) >= 11 is 9.30. The predicted molar refractivity (Wildman–Crippen MR) is 70.9 cm³/mol. The molecule has 1 aromatic carbocycles. The summed E-state index contributed by atoms with van der Waals surface area (Å²) in [5.74, 6) is 0.307. The van der Waals surface area contributed by atoms with Crippen molar-refractivity contribution >= 4 is 33.5 Å². The van der Waals surface area contributed by atoms with Crippen LogP contribution in [0.4, 0.5) is 0 Å². The van der Waals surface area contributed by atoms with Crippen LogP contribution in [-0.4, -0.2) is 19.2 Å². The first-order valence-corrected chi connectivity index (χ1v) is 6.71. The van der Waals surface area contributed by atoms with E-state index in [0.29, 0.717) is 22.7 Å². The van der Waals surface area contributed by atoms with Crippen molar-refractivity contribution in [1.29, 1.82) is 0 Å². The van der Waals surface area contributed by atoms with Crippen LogP contribution in [0.25, 0.3) is 0 Å². The molecule has 0 aliphatic carbocycles. The van der Waals surface area contributed by atoms with Gasteiger partial charge in [0.25, 0.3) is 0 Å². The minimum Gasteiger partial charge on any atom is -0.481 e. The van der Waals surface area contributed by atoms with Gasteiger partial charge in [-0.25, -0.2) is 4.79 Å². The molecular formula is C12H14BrClO3. The fourth-order valence-corrected chi connectivity index (χ4v) is 2.15. The molecule has 0 N–H and O–H groups in total. The Morgan fingerprint density at radius 1 is 1.47 bits per heavy atom. The average Bonchev–Trinajstić information content (AvgIpc) is 2.27. The van der Waals surface area contributed by atoms with Crippen LogP contribution >= 0.6 is 27.5 Å². The monoisotopic (exact) mass is 320 g/mol. The molecule has 1 rings (SSSR count). The Balaban J connectivity index is 2.79. The average molecular weight is 322 g/mol. The lowest BCUT2D eigenvalue weighted by atomic mass is 10.1. The molecule has 0 aliphatic heterocycles. The van der Waals surface area contributed by atoms with Gasteiger partial charge in [0.05, 0.1) is 6.61 Å². The summed E-state index contributed by atoms with van der Waals surface area (Å²) in [6, 6.07) is 3.61. The molecule has 0 bridgehead atoms. The summed E-state index contributed by atoms with van der Waals surface area (Å²) in [5, 5.41) is 1.27. The van der Waals surface area contributed by atoms with Gasteiger partial charge in [0, 0.05) is 15.9 Å². The Morgan fingerprint density at radius 3 is 2.76 bits per heavy atom. The lowest BCUT2D eigenvalue weighted by Gasteiger charge is -2.13. The third-order valence-corrected chi connectivity index (χ3v) is 2.92. The van der Waals surface area contributed by atoms with Crippen molar-refractivity contribution in [1.82, 2.24) is 0 Å². The zero-order valence-corrected chi connectivity index (χ0v) is 12.1. The van der Waals surface area contributed by atoms with Crippen LogP contribution in [0.15, 0.2) is 12.1 Å². The highest BCUT2D eigenvalue weighted by Crippen LogP contribution is 2.29.